The number of methoxy groups -OCH3 is 1. The van der Waals surface area contributed by atoms with Gasteiger partial charge in [0.05, 0.1) is 23.3 Å². The number of carbonyl (C=O) groups is 3. The maximum atomic E-state index is 13.2. The lowest BCUT2D eigenvalue weighted by Crippen LogP contribution is -2.62. The van der Waals surface area contributed by atoms with E-state index in [9.17, 15) is 23.8 Å². The van der Waals surface area contributed by atoms with E-state index in [1.807, 2.05) is 0 Å². The smallest absolute Gasteiger partial charge is 0.452 e. The van der Waals surface area contributed by atoms with Crippen LogP contribution in [0.1, 0.15) is 31.1 Å². The summed E-state index contributed by atoms with van der Waals surface area (Å²) in [5.74, 6) is -2.48. The molecular weight excluding hydrogens is 543 g/mol. The first-order valence-corrected chi connectivity index (χ1v) is 13.3. The van der Waals surface area contributed by atoms with Gasteiger partial charge in [0.2, 0.25) is 0 Å². The molecule has 0 saturated carbocycles. The molecule has 0 aromatic heterocycles. The summed E-state index contributed by atoms with van der Waals surface area (Å²) in [7, 11) is -1.91. The van der Waals surface area contributed by atoms with Gasteiger partial charge in [0.1, 0.15) is 6.10 Å². The van der Waals surface area contributed by atoms with Gasteiger partial charge in [0, 0.05) is 11.7 Å². The Bertz CT molecular complexity index is 1300. The zero-order valence-corrected chi connectivity index (χ0v) is 22.1. The molecule has 3 aromatic carbocycles. The van der Waals surface area contributed by atoms with Gasteiger partial charge in [-0.05, 0) is 36.4 Å². The number of esters is 3. The van der Waals surface area contributed by atoms with Crippen molar-refractivity contribution in [2.24, 2.45) is 0 Å². The molecule has 40 heavy (non-hydrogen) atoms. The zero-order chi connectivity index (χ0) is 28.5. The van der Waals surface area contributed by atoms with Crippen LogP contribution in [0.25, 0.3) is 0 Å². The molecular formula is C28H26O11P+. The average Bonchev–Trinajstić information content (AvgIpc) is 2.97. The van der Waals surface area contributed by atoms with Gasteiger partial charge in [-0.3, -0.25) is 0 Å². The summed E-state index contributed by atoms with van der Waals surface area (Å²) in [6.07, 6.45) is -7.40. The lowest BCUT2D eigenvalue weighted by molar-refractivity contribution is -0.276. The van der Waals surface area contributed by atoms with E-state index < -0.39 is 56.9 Å². The third-order valence-corrected chi connectivity index (χ3v) is 6.26. The summed E-state index contributed by atoms with van der Waals surface area (Å²) < 4.78 is 45.0. The first-order valence-electron chi connectivity index (χ1n) is 12.1. The average molecular weight is 569 g/mol. The van der Waals surface area contributed by atoms with E-state index in [1.54, 1.807) is 54.6 Å². The van der Waals surface area contributed by atoms with Gasteiger partial charge in [0.25, 0.3) is 6.29 Å². The van der Waals surface area contributed by atoms with Gasteiger partial charge in [0.15, 0.2) is 18.3 Å². The van der Waals surface area contributed by atoms with E-state index in [4.69, 9.17) is 28.2 Å². The van der Waals surface area contributed by atoms with E-state index in [0.717, 1.165) is 0 Å². The minimum absolute atomic E-state index is 0.139. The second-order valence-electron chi connectivity index (χ2n) is 8.55. The molecule has 6 atom stereocenters. The molecule has 0 radical (unpaired) electrons. The Kier molecular flexibility index (Phi) is 10.1. The Balaban J connectivity index is 1.74. The standard InChI is InChI=1S/C28H25O11P/c1-34-17-21-22(36-25(29)18-11-5-2-6-12-18)23(37-26(30)19-13-7-3-8-14-19)24(28(35-21)39-40(32)33)38-27(31)20-15-9-4-10-16-20/h2-16,21-24,28H,17H2,1H3/p+1/t21-,22-,23+,24-,28-/m1/s1. The molecule has 1 fully saturated rings. The first-order chi connectivity index (χ1) is 19.4. The lowest BCUT2D eigenvalue weighted by atomic mass is 9.97. The highest BCUT2D eigenvalue weighted by atomic mass is 31.1. The maximum absolute atomic E-state index is 13.2. The van der Waals surface area contributed by atoms with E-state index in [0.29, 0.717) is 0 Å². The fourth-order valence-electron chi connectivity index (χ4n) is 4.05. The van der Waals surface area contributed by atoms with Crippen LogP contribution in [-0.2, 0) is 32.8 Å². The van der Waals surface area contributed by atoms with Crippen LogP contribution in [-0.4, -0.2) is 67.2 Å². The quantitative estimate of drug-likeness (QED) is 0.217. The summed E-state index contributed by atoms with van der Waals surface area (Å²) in [6, 6.07) is 23.9. The van der Waals surface area contributed by atoms with Crippen LogP contribution in [0.15, 0.2) is 91.0 Å². The molecule has 4 rings (SSSR count). The van der Waals surface area contributed by atoms with Crippen molar-refractivity contribution >= 4 is 26.2 Å². The Morgan fingerprint density at radius 2 is 1.10 bits per heavy atom. The summed E-state index contributed by atoms with van der Waals surface area (Å²) in [5.41, 5.74) is 0.491. The minimum Gasteiger partial charge on any atom is -0.452 e. The first kappa shape index (κ1) is 29.0. The second-order valence-corrected chi connectivity index (χ2v) is 9.24. The van der Waals surface area contributed by atoms with Gasteiger partial charge < -0.3 is 23.7 Å². The third kappa shape index (κ3) is 7.35. The summed E-state index contributed by atoms with van der Waals surface area (Å²) >= 11 is 0. The highest BCUT2D eigenvalue weighted by molar-refractivity contribution is 7.32. The van der Waals surface area contributed by atoms with E-state index in [2.05, 4.69) is 0 Å². The summed E-state index contributed by atoms with van der Waals surface area (Å²) in [5, 5.41) is 0. The molecule has 0 bridgehead atoms. The van der Waals surface area contributed by atoms with Crippen molar-refractivity contribution in [3.05, 3.63) is 108 Å². The molecule has 1 N–H and O–H groups in total. The van der Waals surface area contributed by atoms with Crippen LogP contribution < -0.4 is 0 Å². The van der Waals surface area contributed by atoms with Crippen molar-refractivity contribution in [3.8, 4) is 0 Å². The van der Waals surface area contributed by atoms with Gasteiger partial charge in [-0.2, -0.15) is 0 Å². The van der Waals surface area contributed by atoms with Crippen molar-refractivity contribution in [2.75, 3.05) is 13.7 Å². The Labute approximate surface area is 230 Å². The van der Waals surface area contributed by atoms with Crippen LogP contribution in [0, 0.1) is 0 Å². The Hall–Kier alpha value is -3.99. The van der Waals surface area contributed by atoms with Gasteiger partial charge in [-0.25, -0.2) is 14.4 Å². The van der Waals surface area contributed by atoms with Gasteiger partial charge in [-0.1, -0.05) is 59.1 Å². The number of benzene rings is 3. The second kappa shape index (κ2) is 13.9. The molecule has 1 unspecified atom stereocenters. The fourth-order valence-corrected chi connectivity index (χ4v) is 4.40. The Morgan fingerprint density at radius 3 is 1.50 bits per heavy atom. The predicted octanol–water partition coefficient (Wildman–Crippen LogP) is 3.70. The summed E-state index contributed by atoms with van der Waals surface area (Å²) in [4.78, 5) is 48.9. The topological polar surface area (TPSA) is 144 Å². The van der Waals surface area contributed by atoms with Crippen LogP contribution >= 0.6 is 8.25 Å². The van der Waals surface area contributed by atoms with Crippen LogP contribution in [0.5, 0.6) is 0 Å². The van der Waals surface area contributed by atoms with Crippen LogP contribution in [0.4, 0.5) is 0 Å². The third-order valence-electron chi connectivity index (χ3n) is 5.87. The van der Waals surface area contributed by atoms with Crippen molar-refractivity contribution in [2.45, 2.75) is 30.7 Å². The normalized spacial score (nSPS) is 22.6. The molecule has 208 valence electrons. The molecule has 0 spiro atoms. The number of carbonyl (C=O) groups excluding carboxylic acids is 3. The van der Waals surface area contributed by atoms with E-state index >= 15 is 0 Å². The Morgan fingerprint density at radius 1 is 0.700 bits per heavy atom. The molecule has 3 aromatic rings. The molecule has 1 aliphatic heterocycles. The number of ether oxygens (including phenoxy) is 5. The molecule has 1 aliphatic rings. The van der Waals surface area contributed by atoms with Gasteiger partial charge >= 0.3 is 26.2 Å². The SMILES string of the molecule is COC[C@H]1O[C@H](O[P+](=O)O)[C@H](OC(=O)c2ccccc2)[C@@H](OC(=O)c2ccccc2)[C@@H]1OC(=O)c1ccccc1. The lowest BCUT2D eigenvalue weighted by Gasteiger charge is -2.42. The predicted molar refractivity (Wildman–Crippen MR) is 138 cm³/mol. The van der Waals surface area contributed by atoms with E-state index in [-0.39, 0.29) is 23.3 Å². The molecule has 12 heteroatoms. The van der Waals surface area contributed by atoms with Crippen LogP contribution in [0.2, 0.25) is 0 Å². The molecule has 1 saturated heterocycles. The molecule has 1 heterocycles. The van der Waals surface area contributed by atoms with Crippen molar-refractivity contribution in [3.63, 3.8) is 0 Å². The number of rotatable bonds is 10. The monoisotopic (exact) mass is 569 g/mol. The molecule has 11 nitrogen and oxygen atoms in total. The maximum Gasteiger partial charge on any atom is 0.697 e. The highest BCUT2D eigenvalue weighted by Gasteiger charge is 2.55. The number of hydrogen-bond acceptors (Lipinski definition) is 10. The van der Waals surface area contributed by atoms with Crippen molar-refractivity contribution < 1.29 is 52.1 Å². The zero-order valence-electron chi connectivity index (χ0n) is 21.2. The largest absolute Gasteiger partial charge is 0.697 e. The molecule has 0 aliphatic carbocycles. The van der Waals surface area contributed by atoms with E-state index in [1.165, 1.54) is 43.5 Å². The number of hydrogen-bond donors (Lipinski definition) is 1. The van der Waals surface area contributed by atoms with Crippen molar-refractivity contribution in [1.82, 2.24) is 0 Å². The van der Waals surface area contributed by atoms with Crippen LogP contribution in [0.3, 0.4) is 0 Å². The highest BCUT2D eigenvalue weighted by Crippen LogP contribution is 2.34. The van der Waals surface area contributed by atoms with Crippen molar-refractivity contribution in [1.29, 1.82) is 0 Å². The summed E-state index contributed by atoms with van der Waals surface area (Å²) in [6.45, 7) is -0.201. The molecule has 0 amide bonds. The minimum atomic E-state index is -3.26. The fraction of sp³-hybridized carbons (Fsp3) is 0.250. The van der Waals surface area contributed by atoms with Gasteiger partial charge in [-0.15, -0.1) is 4.89 Å².